The highest BCUT2D eigenvalue weighted by Gasteiger charge is 2.22. The fourth-order valence-electron chi connectivity index (χ4n) is 2.92. The first-order chi connectivity index (χ1) is 9.15. The zero-order valence-electron chi connectivity index (χ0n) is 11.8. The molecular formula is C14H23BrClN3. The highest BCUT2D eigenvalue weighted by Crippen LogP contribution is 2.26. The van der Waals surface area contributed by atoms with Crippen LogP contribution in [0.2, 0.25) is 5.02 Å². The molecule has 2 rings (SSSR count). The van der Waals surface area contributed by atoms with Crippen LogP contribution in [0.25, 0.3) is 0 Å². The predicted octanol–water partition coefficient (Wildman–Crippen LogP) is 3.86. The van der Waals surface area contributed by atoms with Crippen molar-refractivity contribution in [3.05, 3.63) is 16.4 Å². The quantitative estimate of drug-likeness (QED) is 0.753. The Morgan fingerprint density at radius 2 is 2.26 bits per heavy atom. The Labute approximate surface area is 129 Å². The third-order valence-electron chi connectivity index (χ3n) is 3.95. The average molecular weight is 349 g/mol. The molecule has 2 heterocycles. The van der Waals surface area contributed by atoms with E-state index in [1.807, 2.05) is 11.6 Å². The second kappa shape index (κ2) is 7.09. The summed E-state index contributed by atoms with van der Waals surface area (Å²) in [4.78, 5) is 2.53. The number of nitrogens with zero attached hydrogens (tertiary/aromatic N) is 3. The Morgan fingerprint density at radius 1 is 1.47 bits per heavy atom. The summed E-state index contributed by atoms with van der Waals surface area (Å²) in [6.07, 6.45) is 3.94. The Hall–Kier alpha value is -0.0600. The number of alkyl halides is 1. The van der Waals surface area contributed by atoms with Crippen molar-refractivity contribution in [2.24, 2.45) is 5.92 Å². The largest absolute Gasteiger partial charge is 0.297 e. The van der Waals surface area contributed by atoms with Crippen molar-refractivity contribution in [3.8, 4) is 0 Å². The zero-order chi connectivity index (χ0) is 13.8. The van der Waals surface area contributed by atoms with Crippen LogP contribution in [0.3, 0.4) is 0 Å². The van der Waals surface area contributed by atoms with E-state index in [9.17, 15) is 0 Å². The lowest BCUT2D eigenvalue weighted by atomic mass is 9.95. The van der Waals surface area contributed by atoms with Crippen LogP contribution in [0.1, 0.15) is 37.6 Å². The van der Waals surface area contributed by atoms with Gasteiger partial charge in [-0.1, -0.05) is 27.5 Å². The van der Waals surface area contributed by atoms with E-state index in [4.69, 9.17) is 11.6 Å². The number of rotatable bonds is 5. The molecule has 3 nitrogen and oxygen atoms in total. The average Bonchev–Trinajstić information content (AvgIpc) is 2.67. The van der Waals surface area contributed by atoms with Crippen LogP contribution in [0, 0.1) is 12.8 Å². The van der Waals surface area contributed by atoms with Crippen LogP contribution in [0.5, 0.6) is 0 Å². The minimum Gasteiger partial charge on any atom is -0.297 e. The standard InChI is InChI=1S/C14H23BrClN3/c1-3-19-13(14(16)11(2)17-19)10-18-8-4-5-12(9-18)6-7-15/h12H,3-10H2,1-2H3. The molecule has 5 heteroatoms. The number of hydrogen-bond acceptors (Lipinski definition) is 2. The van der Waals surface area contributed by atoms with Gasteiger partial charge < -0.3 is 0 Å². The van der Waals surface area contributed by atoms with Crippen molar-refractivity contribution >= 4 is 27.5 Å². The van der Waals surface area contributed by atoms with Crippen molar-refractivity contribution in [1.29, 1.82) is 0 Å². The van der Waals surface area contributed by atoms with Gasteiger partial charge in [0.15, 0.2) is 0 Å². The zero-order valence-corrected chi connectivity index (χ0v) is 14.2. The first-order valence-electron chi connectivity index (χ1n) is 7.15. The molecule has 1 saturated heterocycles. The summed E-state index contributed by atoms with van der Waals surface area (Å²) in [5.41, 5.74) is 2.13. The van der Waals surface area contributed by atoms with E-state index < -0.39 is 0 Å². The van der Waals surface area contributed by atoms with E-state index in [-0.39, 0.29) is 0 Å². The predicted molar refractivity (Wildman–Crippen MR) is 84.1 cm³/mol. The monoisotopic (exact) mass is 347 g/mol. The van der Waals surface area contributed by atoms with Crippen molar-refractivity contribution in [1.82, 2.24) is 14.7 Å². The second-order valence-corrected chi connectivity index (χ2v) is 6.55. The van der Waals surface area contributed by atoms with Crippen molar-refractivity contribution in [3.63, 3.8) is 0 Å². The van der Waals surface area contributed by atoms with E-state index in [1.165, 1.54) is 38.0 Å². The summed E-state index contributed by atoms with van der Waals surface area (Å²) < 4.78 is 2.05. The van der Waals surface area contributed by atoms with E-state index in [0.717, 1.165) is 35.1 Å². The normalized spacial score (nSPS) is 20.9. The molecule has 0 saturated carbocycles. The van der Waals surface area contributed by atoms with Crippen LogP contribution in [-0.4, -0.2) is 33.1 Å². The van der Waals surface area contributed by atoms with Gasteiger partial charge in [0.25, 0.3) is 0 Å². The molecule has 1 atom stereocenters. The van der Waals surface area contributed by atoms with Crippen LogP contribution >= 0.6 is 27.5 Å². The third kappa shape index (κ3) is 3.73. The molecule has 0 bridgehead atoms. The molecule has 19 heavy (non-hydrogen) atoms. The Bertz CT molecular complexity index is 417. The topological polar surface area (TPSA) is 21.1 Å². The molecule has 1 aliphatic rings. The molecule has 0 spiro atoms. The molecule has 108 valence electrons. The molecular weight excluding hydrogens is 326 g/mol. The fraction of sp³-hybridized carbons (Fsp3) is 0.786. The lowest BCUT2D eigenvalue weighted by Gasteiger charge is -2.32. The summed E-state index contributed by atoms with van der Waals surface area (Å²) >= 11 is 9.95. The number of hydrogen-bond donors (Lipinski definition) is 0. The van der Waals surface area contributed by atoms with Gasteiger partial charge in [-0.05, 0) is 45.6 Å². The van der Waals surface area contributed by atoms with Crippen molar-refractivity contribution in [2.75, 3.05) is 18.4 Å². The minimum absolute atomic E-state index is 0.825. The van der Waals surface area contributed by atoms with Crippen molar-refractivity contribution in [2.45, 2.75) is 46.2 Å². The number of halogens is 2. The fourth-order valence-corrected chi connectivity index (χ4v) is 3.76. The van der Waals surface area contributed by atoms with Gasteiger partial charge in [0.1, 0.15) is 0 Å². The summed E-state index contributed by atoms with van der Waals surface area (Å²) in [6.45, 7) is 8.31. The van der Waals surface area contributed by atoms with Gasteiger partial charge in [-0.25, -0.2) is 0 Å². The van der Waals surface area contributed by atoms with Gasteiger partial charge in [0.2, 0.25) is 0 Å². The summed E-state index contributed by atoms with van der Waals surface area (Å²) in [7, 11) is 0. The van der Waals surface area contributed by atoms with E-state index in [0.29, 0.717) is 0 Å². The molecule has 0 N–H and O–H groups in total. The number of piperidine rings is 1. The smallest absolute Gasteiger partial charge is 0.0860 e. The molecule has 1 aromatic heterocycles. The highest BCUT2D eigenvalue weighted by molar-refractivity contribution is 9.09. The third-order valence-corrected chi connectivity index (χ3v) is 4.90. The van der Waals surface area contributed by atoms with Crippen LogP contribution in [0.15, 0.2) is 0 Å². The molecule has 1 aromatic rings. The molecule has 1 fully saturated rings. The highest BCUT2D eigenvalue weighted by atomic mass is 79.9. The summed E-state index contributed by atoms with van der Waals surface area (Å²) in [6, 6.07) is 0. The summed E-state index contributed by atoms with van der Waals surface area (Å²) in [5, 5.41) is 6.46. The van der Waals surface area contributed by atoms with Gasteiger partial charge in [-0.2, -0.15) is 5.10 Å². The number of aromatic nitrogens is 2. The van der Waals surface area contributed by atoms with E-state index >= 15 is 0 Å². The molecule has 0 aliphatic carbocycles. The maximum atomic E-state index is 6.39. The lowest BCUT2D eigenvalue weighted by molar-refractivity contribution is 0.161. The molecule has 1 aliphatic heterocycles. The van der Waals surface area contributed by atoms with Crippen LogP contribution in [-0.2, 0) is 13.1 Å². The minimum atomic E-state index is 0.825. The first kappa shape index (κ1) is 15.3. The molecule has 0 amide bonds. The molecule has 1 unspecified atom stereocenters. The van der Waals surface area contributed by atoms with Gasteiger partial charge >= 0.3 is 0 Å². The SMILES string of the molecule is CCn1nc(C)c(Cl)c1CN1CCCC(CCBr)C1. The Balaban J connectivity index is 2.04. The van der Waals surface area contributed by atoms with Crippen molar-refractivity contribution < 1.29 is 0 Å². The molecule has 0 radical (unpaired) electrons. The maximum Gasteiger partial charge on any atom is 0.0860 e. The first-order valence-corrected chi connectivity index (χ1v) is 8.65. The number of likely N-dealkylation sites (tertiary alicyclic amines) is 1. The van der Waals surface area contributed by atoms with Gasteiger partial charge in [-0.15, -0.1) is 0 Å². The van der Waals surface area contributed by atoms with Crippen LogP contribution in [0.4, 0.5) is 0 Å². The maximum absolute atomic E-state index is 6.39. The van der Waals surface area contributed by atoms with E-state index in [2.05, 4.69) is 32.9 Å². The van der Waals surface area contributed by atoms with Gasteiger partial charge in [0, 0.05) is 25.0 Å². The molecule has 0 aromatic carbocycles. The Morgan fingerprint density at radius 3 is 2.95 bits per heavy atom. The Kier molecular flexibility index (Phi) is 5.72. The van der Waals surface area contributed by atoms with Gasteiger partial charge in [-0.3, -0.25) is 9.58 Å². The lowest BCUT2D eigenvalue weighted by Crippen LogP contribution is -2.35. The summed E-state index contributed by atoms with van der Waals surface area (Å²) in [5.74, 6) is 0.825. The number of aryl methyl sites for hydroxylation is 2. The second-order valence-electron chi connectivity index (χ2n) is 5.38. The van der Waals surface area contributed by atoms with Gasteiger partial charge in [0.05, 0.1) is 16.4 Å². The van der Waals surface area contributed by atoms with E-state index in [1.54, 1.807) is 0 Å². The van der Waals surface area contributed by atoms with Crippen LogP contribution < -0.4 is 0 Å².